The lowest BCUT2D eigenvalue weighted by molar-refractivity contribution is -0.122. The van der Waals surface area contributed by atoms with Crippen LogP contribution in [0.25, 0.3) is 11.4 Å². The van der Waals surface area contributed by atoms with Crippen LogP contribution in [0.1, 0.15) is 31.0 Å². The monoisotopic (exact) mass is 389 g/mol. The van der Waals surface area contributed by atoms with Crippen LogP contribution in [-0.2, 0) is 21.1 Å². The Labute approximate surface area is 158 Å². The van der Waals surface area contributed by atoms with E-state index in [0.717, 1.165) is 5.56 Å². The summed E-state index contributed by atoms with van der Waals surface area (Å²) in [5.74, 6) is 0.280. The maximum absolute atomic E-state index is 12.4. The third-order valence-corrected chi connectivity index (χ3v) is 6.72. The van der Waals surface area contributed by atoms with Gasteiger partial charge in [-0.1, -0.05) is 30.3 Å². The van der Waals surface area contributed by atoms with Crippen molar-refractivity contribution < 1.29 is 13.2 Å². The number of nitrogens with zero attached hydrogens (tertiary/aromatic N) is 1. The minimum Gasteiger partial charge on any atom is -0.350 e. The van der Waals surface area contributed by atoms with Crippen LogP contribution >= 0.6 is 0 Å². The SMILES string of the molecule is Cc1nc(-c2ccccc2)[nH]c(=O)c1CCC(=O)NC1(C)CCS(=O)(=O)C1. The van der Waals surface area contributed by atoms with Crippen LogP contribution in [0.4, 0.5) is 0 Å². The molecule has 2 N–H and O–H groups in total. The first-order chi connectivity index (χ1) is 12.7. The number of sulfone groups is 1. The number of H-pyrrole nitrogens is 1. The van der Waals surface area contributed by atoms with Gasteiger partial charge in [-0.2, -0.15) is 0 Å². The van der Waals surface area contributed by atoms with Gasteiger partial charge in [-0.05, 0) is 26.7 Å². The number of hydrogen-bond donors (Lipinski definition) is 2. The van der Waals surface area contributed by atoms with Crippen molar-refractivity contribution in [2.45, 2.75) is 38.6 Å². The van der Waals surface area contributed by atoms with E-state index < -0.39 is 15.4 Å². The van der Waals surface area contributed by atoms with Gasteiger partial charge in [0.05, 0.1) is 17.0 Å². The van der Waals surface area contributed by atoms with Gasteiger partial charge in [0.2, 0.25) is 5.91 Å². The number of rotatable bonds is 5. The Morgan fingerprint density at radius 1 is 1.30 bits per heavy atom. The number of benzene rings is 1. The lowest BCUT2D eigenvalue weighted by Gasteiger charge is -2.23. The van der Waals surface area contributed by atoms with Gasteiger partial charge in [0, 0.05) is 23.2 Å². The highest BCUT2D eigenvalue weighted by Crippen LogP contribution is 2.23. The quantitative estimate of drug-likeness (QED) is 0.803. The molecular weight excluding hydrogens is 366 g/mol. The average Bonchev–Trinajstić information content (AvgIpc) is 2.87. The molecule has 1 unspecified atom stereocenters. The first kappa shape index (κ1) is 19.3. The molecule has 0 bridgehead atoms. The molecule has 1 aliphatic heterocycles. The highest BCUT2D eigenvalue weighted by molar-refractivity contribution is 7.91. The molecule has 1 aromatic heterocycles. The zero-order chi connectivity index (χ0) is 19.7. The summed E-state index contributed by atoms with van der Waals surface area (Å²) in [7, 11) is -3.09. The van der Waals surface area contributed by atoms with Crippen LogP contribution in [0.2, 0.25) is 0 Å². The molecule has 7 nitrogen and oxygen atoms in total. The average molecular weight is 389 g/mol. The largest absolute Gasteiger partial charge is 0.350 e. The van der Waals surface area contributed by atoms with Gasteiger partial charge in [-0.15, -0.1) is 0 Å². The number of carbonyl (C=O) groups excluding carboxylic acids is 1. The molecule has 0 radical (unpaired) electrons. The molecule has 1 saturated heterocycles. The van der Waals surface area contributed by atoms with Gasteiger partial charge in [0.25, 0.3) is 5.56 Å². The van der Waals surface area contributed by atoms with E-state index in [1.54, 1.807) is 13.8 Å². The summed E-state index contributed by atoms with van der Waals surface area (Å²) in [6.45, 7) is 3.49. The van der Waals surface area contributed by atoms with E-state index in [1.807, 2.05) is 30.3 Å². The summed E-state index contributed by atoms with van der Waals surface area (Å²) in [6, 6.07) is 9.35. The van der Waals surface area contributed by atoms with Gasteiger partial charge in [-0.3, -0.25) is 9.59 Å². The van der Waals surface area contributed by atoms with Crippen LogP contribution < -0.4 is 10.9 Å². The van der Waals surface area contributed by atoms with Crippen molar-refractivity contribution in [1.29, 1.82) is 0 Å². The Morgan fingerprint density at radius 2 is 2.00 bits per heavy atom. The molecule has 1 amide bonds. The fraction of sp³-hybridized carbons (Fsp3) is 0.421. The number of amides is 1. The number of nitrogens with one attached hydrogen (secondary N) is 2. The van der Waals surface area contributed by atoms with Crippen LogP contribution in [0.5, 0.6) is 0 Å². The Hall–Kier alpha value is -2.48. The van der Waals surface area contributed by atoms with E-state index in [1.165, 1.54) is 0 Å². The van der Waals surface area contributed by atoms with Crippen molar-refractivity contribution in [3.05, 3.63) is 51.9 Å². The molecule has 0 saturated carbocycles. The zero-order valence-corrected chi connectivity index (χ0v) is 16.2. The van der Waals surface area contributed by atoms with E-state index >= 15 is 0 Å². The maximum atomic E-state index is 12.4. The summed E-state index contributed by atoms with van der Waals surface area (Å²) in [5.41, 5.74) is 0.877. The standard InChI is InChI=1S/C19H23N3O4S/c1-13-15(18(24)21-17(20-13)14-6-4-3-5-7-14)8-9-16(23)22-19(2)10-11-27(25,26)12-19/h3-7H,8-12H2,1-2H3,(H,22,23)(H,20,21,24). The first-order valence-electron chi connectivity index (χ1n) is 8.84. The fourth-order valence-corrected chi connectivity index (χ4v) is 5.48. The van der Waals surface area contributed by atoms with Crippen LogP contribution in [-0.4, -0.2) is 41.3 Å². The molecule has 2 heterocycles. The second-order valence-electron chi connectivity index (χ2n) is 7.30. The Morgan fingerprint density at radius 3 is 2.59 bits per heavy atom. The van der Waals surface area contributed by atoms with Crippen molar-refractivity contribution in [3.8, 4) is 11.4 Å². The summed E-state index contributed by atoms with van der Waals surface area (Å²) in [6.07, 6.45) is 0.762. The fourth-order valence-electron chi connectivity index (χ4n) is 3.38. The van der Waals surface area contributed by atoms with Crippen LogP contribution in [0.15, 0.2) is 35.1 Å². The van der Waals surface area contributed by atoms with E-state index in [4.69, 9.17) is 0 Å². The summed E-state index contributed by atoms with van der Waals surface area (Å²) in [5, 5.41) is 2.81. The molecular formula is C19H23N3O4S. The first-order valence-corrected chi connectivity index (χ1v) is 10.7. The lowest BCUT2D eigenvalue weighted by atomic mass is 10.0. The second-order valence-corrected chi connectivity index (χ2v) is 9.48. The summed E-state index contributed by atoms with van der Waals surface area (Å²) in [4.78, 5) is 31.9. The second kappa shape index (κ2) is 7.26. The highest BCUT2D eigenvalue weighted by Gasteiger charge is 2.39. The highest BCUT2D eigenvalue weighted by atomic mass is 32.2. The van der Waals surface area contributed by atoms with E-state index in [-0.39, 0.29) is 35.8 Å². The lowest BCUT2D eigenvalue weighted by Crippen LogP contribution is -2.47. The molecule has 1 aromatic carbocycles. The number of aromatic nitrogens is 2. The third kappa shape index (κ3) is 4.63. The maximum Gasteiger partial charge on any atom is 0.254 e. The molecule has 1 aliphatic rings. The minimum atomic E-state index is -3.09. The van der Waals surface area contributed by atoms with Crippen LogP contribution in [0, 0.1) is 6.92 Å². The predicted octanol–water partition coefficient (Wildman–Crippen LogP) is 1.37. The smallest absolute Gasteiger partial charge is 0.254 e. The molecule has 144 valence electrons. The van der Waals surface area contributed by atoms with E-state index in [0.29, 0.717) is 23.5 Å². The van der Waals surface area contributed by atoms with Crippen molar-refractivity contribution in [2.75, 3.05) is 11.5 Å². The normalized spacial score (nSPS) is 21.1. The van der Waals surface area contributed by atoms with Crippen LogP contribution in [0.3, 0.4) is 0 Å². The zero-order valence-electron chi connectivity index (χ0n) is 15.4. The van der Waals surface area contributed by atoms with Gasteiger partial charge < -0.3 is 10.3 Å². The minimum absolute atomic E-state index is 0.0430. The van der Waals surface area contributed by atoms with Gasteiger partial charge in [0.1, 0.15) is 5.82 Å². The third-order valence-electron chi connectivity index (χ3n) is 4.82. The summed E-state index contributed by atoms with van der Waals surface area (Å²) < 4.78 is 23.3. The molecule has 0 aliphatic carbocycles. The summed E-state index contributed by atoms with van der Waals surface area (Å²) >= 11 is 0. The van der Waals surface area contributed by atoms with Gasteiger partial charge >= 0.3 is 0 Å². The molecule has 8 heteroatoms. The molecule has 1 atom stereocenters. The van der Waals surface area contributed by atoms with Crippen molar-refractivity contribution >= 4 is 15.7 Å². The Balaban J connectivity index is 1.68. The number of carbonyl (C=O) groups is 1. The van der Waals surface area contributed by atoms with Crippen molar-refractivity contribution in [3.63, 3.8) is 0 Å². The molecule has 27 heavy (non-hydrogen) atoms. The number of hydrogen-bond acceptors (Lipinski definition) is 5. The molecule has 1 fully saturated rings. The number of aryl methyl sites for hydroxylation is 1. The molecule has 0 spiro atoms. The number of aromatic amines is 1. The Kier molecular flexibility index (Phi) is 5.19. The Bertz CT molecular complexity index is 1010. The predicted molar refractivity (Wildman–Crippen MR) is 103 cm³/mol. The molecule has 2 aromatic rings. The van der Waals surface area contributed by atoms with Gasteiger partial charge in [-0.25, -0.2) is 13.4 Å². The van der Waals surface area contributed by atoms with Crippen molar-refractivity contribution in [1.82, 2.24) is 15.3 Å². The van der Waals surface area contributed by atoms with E-state index in [9.17, 15) is 18.0 Å². The molecule has 3 rings (SSSR count). The van der Waals surface area contributed by atoms with Gasteiger partial charge in [0.15, 0.2) is 9.84 Å². The van der Waals surface area contributed by atoms with Crippen molar-refractivity contribution in [2.24, 2.45) is 0 Å². The topological polar surface area (TPSA) is 109 Å². The van der Waals surface area contributed by atoms with E-state index in [2.05, 4.69) is 15.3 Å².